The van der Waals surface area contributed by atoms with Gasteiger partial charge in [-0.1, -0.05) is 41.6 Å². The highest BCUT2D eigenvalue weighted by Crippen LogP contribution is 2.43. The van der Waals surface area contributed by atoms with E-state index in [-0.39, 0.29) is 11.5 Å². The molecule has 0 spiro atoms. The Labute approximate surface area is 171 Å². The molecule has 4 aromatic carbocycles. The molecular formula is C23H17N5O2. The van der Waals surface area contributed by atoms with Crippen molar-refractivity contribution in [3.05, 3.63) is 72.4 Å². The second-order valence-corrected chi connectivity index (χ2v) is 7.08. The minimum Gasteiger partial charge on any atom is -0.507 e. The molecule has 7 heteroatoms. The molecule has 0 bridgehead atoms. The molecule has 3 N–H and O–H groups in total. The summed E-state index contributed by atoms with van der Waals surface area (Å²) in [5.74, 6) is 0.278. The lowest BCUT2D eigenvalue weighted by atomic mass is 9.96. The number of hydrogen-bond acceptors (Lipinski definition) is 6. The van der Waals surface area contributed by atoms with E-state index in [0.29, 0.717) is 32.9 Å². The molecule has 0 atom stereocenters. The number of benzene rings is 4. The maximum Gasteiger partial charge on any atom is 0.131 e. The monoisotopic (exact) mass is 395 g/mol. The molecule has 0 aliphatic heterocycles. The summed E-state index contributed by atoms with van der Waals surface area (Å²) < 4.78 is 1.65. The zero-order valence-corrected chi connectivity index (χ0v) is 16.0. The van der Waals surface area contributed by atoms with Gasteiger partial charge in [-0.2, -0.15) is 5.11 Å². The molecule has 1 aromatic heterocycles. The molecule has 0 fully saturated rings. The summed E-state index contributed by atoms with van der Waals surface area (Å²) in [6, 6.07) is 18.0. The molecule has 30 heavy (non-hydrogen) atoms. The number of hydrogen-bond donors (Lipinski definition) is 3. The van der Waals surface area contributed by atoms with Crippen molar-refractivity contribution in [2.45, 2.75) is 6.92 Å². The van der Waals surface area contributed by atoms with Gasteiger partial charge in [0.2, 0.25) is 0 Å². The summed E-state index contributed by atoms with van der Waals surface area (Å²) in [7, 11) is 0. The Morgan fingerprint density at radius 2 is 1.57 bits per heavy atom. The first-order chi connectivity index (χ1) is 14.6. The first-order valence-electron chi connectivity index (χ1n) is 9.35. The molecule has 0 aliphatic carbocycles. The standard InChI is InChI=1S/C23H17N5O2/c1-13-20(28-12-19(26-27-28)14-6-8-15(25-24)9-7-14)11-10-18-21(13)23(30)17-5-3-2-4-16(17)22(18)29/h2-12,24,29-30H,1H3. The summed E-state index contributed by atoms with van der Waals surface area (Å²) >= 11 is 0. The van der Waals surface area contributed by atoms with Gasteiger partial charge in [-0.25, -0.2) is 10.2 Å². The fraction of sp³-hybridized carbons (Fsp3) is 0.0435. The molecule has 0 saturated heterocycles. The predicted molar refractivity (Wildman–Crippen MR) is 115 cm³/mol. The zero-order valence-electron chi connectivity index (χ0n) is 16.0. The van der Waals surface area contributed by atoms with Crippen LogP contribution in [-0.4, -0.2) is 25.2 Å². The average molecular weight is 395 g/mol. The van der Waals surface area contributed by atoms with Crippen LogP contribution in [0.4, 0.5) is 5.69 Å². The number of aromatic nitrogens is 3. The van der Waals surface area contributed by atoms with E-state index in [1.807, 2.05) is 37.3 Å². The third kappa shape index (κ3) is 2.60. The van der Waals surface area contributed by atoms with E-state index in [0.717, 1.165) is 16.8 Å². The van der Waals surface area contributed by atoms with Crippen molar-refractivity contribution in [3.8, 4) is 28.4 Å². The van der Waals surface area contributed by atoms with Gasteiger partial charge < -0.3 is 10.2 Å². The average Bonchev–Trinajstić information content (AvgIpc) is 3.27. The number of phenols is 2. The fourth-order valence-corrected chi connectivity index (χ4v) is 3.85. The molecule has 7 nitrogen and oxygen atoms in total. The smallest absolute Gasteiger partial charge is 0.131 e. The second-order valence-electron chi connectivity index (χ2n) is 7.08. The number of aryl methyl sites for hydroxylation is 1. The van der Waals surface area contributed by atoms with Crippen LogP contribution in [0, 0.1) is 12.5 Å². The lowest BCUT2D eigenvalue weighted by Crippen LogP contribution is -1.99. The molecule has 0 unspecified atom stereocenters. The largest absolute Gasteiger partial charge is 0.507 e. The number of phenolic OH excluding ortho intramolecular Hbond substituents is 2. The number of fused-ring (bicyclic) bond motifs is 2. The Bertz CT molecular complexity index is 1440. The molecule has 0 amide bonds. The predicted octanol–water partition coefficient (Wildman–Crippen LogP) is 5.62. The van der Waals surface area contributed by atoms with E-state index < -0.39 is 0 Å². The first-order valence-corrected chi connectivity index (χ1v) is 9.35. The summed E-state index contributed by atoms with van der Waals surface area (Å²) in [6.07, 6.45) is 1.80. The SMILES string of the molecule is Cc1c(-n2cc(-c3ccc(N=N)cc3)nn2)ccc2c(O)c3ccccc3c(O)c12. The molecule has 0 aliphatic rings. The summed E-state index contributed by atoms with van der Waals surface area (Å²) in [5, 5.41) is 36.0. The number of rotatable bonds is 3. The summed E-state index contributed by atoms with van der Waals surface area (Å²) in [5.41, 5.74) is 10.7. The van der Waals surface area contributed by atoms with Crippen LogP contribution >= 0.6 is 0 Å². The number of nitrogens with zero attached hydrogens (tertiary/aromatic N) is 4. The Morgan fingerprint density at radius 3 is 2.27 bits per heavy atom. The lowest BCUT2D eigenvalue weighted by Gasteiger charge is -2.14. The summed E-state index contributed by atoms with van der Waals surface area (Å²) in [6.45, 7) is 1.89. The third-order valence-electron chi connectivity index (χ3n) is 5.40. The van der Waals surface area contributed by atoms with Crippen molar-refractivity contribution in [1.29, 1.82) is 5.53 Å². The Hall–Kier alpha value is -4.26. The minimum absolute atomic E-state index is 0.132. The highest BCUT2D eigenvalue weighted by atomic mass is 16.3. The van der Waals surface area contributed by atoms with Crippen LogP contribution in [0.3, 0.4) is 0 Å². The van der Waals surface area contributed by atoms with Crippen LogP contribution < -0.4 is 0 Å². The molecule has 5 aromatic rings. The molecule has 146 valence electrons. The van der Waals surface area contributed by atoms with Crippen LogP contribution in [0.2, 0.25) is 0 Å². The van der Waals surface area contributed by atoms with Gasteiger partial charge in [0, 0.05) is 27.1 Å². The third-order valence-corrected chi connectivity index (χ3v) is 5.40. The van der Waals surface area contributed by atoms with Crippen molar-refractivity contribution in [2.24, 2.45) is 5.11 Å². The van der Waals surface area contributed by atoms with E-state index in [1.54, 1.807) is 41.2 Å². The quantitative estimate of drug-likeness (QED) is 0.209. The molecule has 0 radical (unpaired) electrons. The van der Waals surface area contributed by atoms with E-state index in [4.69, 9.17) is 5.53 Å². The van der Waals surface area contributed by atoms with Crippen molar-refractivity contribution >= 4 is 27.2 Å². The van der Waals surface area contributed by atoms with E-state index in [1.165, 1.54) is 0 Å². The zero-order chi connectivity index (χ0) is 20.8. The van der Waals surface area contributed by atoms with Crippen molar-refractivity contribution in [3.63, 3.8) is 0 Å². The van der Waals surface area contributed by atoms with Gasteiger partial charge in [-0.15, -0.1) is 5.10 Å². The van der Waals surface area contributed by atoms with Gasteiger partial charge in [0.05, 0.1) is 17.6 Å². The van der Waals surface area contributed by atoms with Gasteiger partial charge in [-0.05, 0) is 36.8 Å². The topological polar surface area (TPSA) is 107 Å². The van der Waals surface area contributed by atoms with Gasteiger partial charge in [0.15, 0.2) is 0 Å². The molecule has 0 saturated carbocycles. The van der Waals surface area contributed by atoms with Crippen molar-refractivity contribution in [1.82, 2.24) is 15.0 Å². The molecule has 5 rings (SSSR count). The van der Waals surface area contributed by atoms with Crippen LogP contribution in [0.15, 0.2) is 72.0 Å². The Morgan fingerprint density at radius 1 is 0.867 bits per heavy atom. The van der Waals surface area contributed by atoms with Crippen LogP contribution in [0.1, 0.15) is 5.56 Å². The van der Waals surface area contributed by atoms with Crippen molar-refractivity contribution < 1.29 is 10.2 Å². The maximum atomic E-state index is 10.9. The van der Waals surface area contributed by atoms with E-state index in [2.05, 4.69) is 15.4 Å². The highest BCUT2D eigenvalue weighted by Gasteiger charge is 2.17. The number of nitrogens with one attached hydrogen (secondary N) is 1. The Balaban J connectivity index is 1.67. The highest BCUT2D eigenvalue weighted by molar-refractivity contribution is 6.12. The summed E-state index contributed by atoms with van der Waals surface area (Å²) in [4.78, 5) is 0. The first kappa shape index (κ1) is 17.8. The van der Waals surface area contributed by atoms with Crippen LogP contribution in [-0.2, 0) is 0 Å². The van der Waals surface area contributed by atoms with Gasteiger partial charge in [0.25, 0.3) is 0 Å². The Kier molecular flexibility index (Phi) is 3.96. The van der Waals surface area contributed by atoms with E-state index in [9.17, 15) is 10.2 Å². The van der Waals surface area contributed by atoms with Crippen LogP contribution in [0.25, 0.3) is 38.5 Å². The van der Waals surface area contributed by atoms with Gasteiger partial charge >= 0.3 is 0 Å². The minimum atomic E-state index is 0.132. The second kappa shape index (κ2) is 6.66. The molecular weight excluding hydrogens is 378 g/mol. The van der Waals surface area contributed by atoms with Crippen molar-refractivity contribution in [2.75, 3.05) is 0 Å². The van der Waals surface area contributed by atoms with Gasteiger partial charge in [0.1, 0.15) is 17.2 Å². The molecule has 1 heterocycles. The van der Waals surface area contributed by atoms with E-state index >= 15 is 0 Å². The maximum absolute atomic E-state index is 10.9. The van der Waals surface area contributed by atoms with Crippen LogP contribution in [0.5, 0.6) is 11.5 Å². The lowest BCUT2D eigenvalue weighted by molar-refractivity contribution is 0.478. The number of aromatic hydroxyl groups is 2. The normalized spacial score (nSPS) is 11.2. The fourth-order valence-electron chi connectivity index (χ4n) is 3.85. The van der Waals surface area contributed by atoms with Gasteiger partial charge in [-0.3, -0.25) is 0 Å².